The Morgan fingerprint density at radius 3 is 3.20 bits per heavy atom. The van der Waals surface area contributed by atoms with Crippen LogP contribution in [0, 0.1) is 0 Å². The van der Waals surface area contributed by atoms with Gasteiger partial charge in [0.1, 0.15) is 0 Å². The first kappa shape index (κ1) is 6.10. The number of carbonyl (C=O) groups is 1. The summed E-state index contributed by atoms with van der Waals surface area (Å²) in [5.74, 6) is 0.797. The molecule has 0 bridgehead atoms. The van der Waals surface area contributed by atoms with E-state index in [4.69, 9.17) is 0 Å². The van der Waals surface area contributed by atoms with Crippen LogP contribution in [0.25, 0.3) is 0 Å². The van der Waals surface area contributed by atoms with Crippen LogP contribution < -0.4 is 0 Å². The molecule has 0 aromatic carbocycles. The lowest BCUT2D eigenvalue weighted by molar-refractivity contribution is 0.0993. The third-order valence-corrected chi connectivity index (χ3v) is 2.94. The molecule has 0 radical (unpaired) electrons. The molecule has 0 spiro atoms. The first-order valence-corrected chi connectivity index (χ1v) is 4.27. The molecule has 0 N–H and O–H groups in total. The maximum Gasteiger partial charge on any atom is 0.173 e. The summed E-state index contributed by atoms with van der Waals surface area (Å²) in [6.45, 7) is 2.11. The Morgan fingerprint density at radius 2 is 2.50 bits per heavy atom. The molecule has 1 aliphatic carbocycles. The van der Waals surface area contributed by atoms with E-state index in [0.29, 0.717) is 11.7 Å². The minimum absolute atomic E-state index is 0.331. The zero-order chi connectivity index (χ0) is 7.14. The highest BCUT2D eigenvalue weighted by Gasteiger charge is 2.26. The summed E-state index contributed by atoms with van der Waals surface area (Å²) in [4.78, 5) is 12.1. The Balaban J connectivity index is 2.58. The van der Waals surface area contributed by atoms with Crippen molar-refractivity contribution >= 4 is 17.1 Å². The summed E-state index contributed by atoms with van der Waals surface area (Å²) in [6, 6.07) is 2.07. The van der Waals surface area contributed by atoms with Crippen LogP contribution in [0.15, 0.2) is 11.4 Å². The van der Waals surface area contributed by atoms with Crippen molar-refractivity contribution < 1.29 is 4.79 Å². The molecule has 2 heteroatoms. The van der Waals surface area contributed by atoms with E-state index in [1.54, 1.807) is 11.3 Å². The van der Waals surface area contributed by atoms with Crippen LogP contribution >= 0.6 is 11.3 Å². The fourth-order valence-corrected chi connectivity index (χ4v) is 2.39. The van der Waals surface area contributed by atoms with E-state index >= 15 is 0 Å². The van der Waals surface area contributed by atoms with Gasteiger partial charge in [0.2, 0.25) is 0 Å². The second-order valence-corrected chi connectivity index (χ2v) is 3.65. The van der Waals surface area contributed by atoms with Gasteiger partial charge in [0, 0.05) is 6.42 Å². The van der Waals surface area contributed by atoms with E-state index < -0.39 is 0 Å². The minimum atomic E-state index is 0.331. The smallest absolute Gasteiger partial charge is 0.173 e. The van der Waals surface area contributed by atoms with E-state index in [1.165, 1.54) is 5.56 Å². The molecular formula is C8H8OS. The lowest BCUT2D eigenvalue weighted by Gasteiger charge is -1.95. The minimum Gasteiger partial charge on any atom is -0.293 e. The molecule has 2 rings (SSSR count). The van der Waals surface area contributed by atoms with Crippen molar-refractivity contribution in [2.75, 3.05) is 0 Å². The van der Waals surface area contributed by atoms with Gasteiger partial charge in [-0.1, -0.05) is 6.92 Å². The van der Waals surface area contributed by atoms with Crippen LogP contribution in [0.5, 0.6) is 0 Å². The molecule has 1 aromatic heterocycles. The lowest BCUT2D eigenvalue weighted by atomic mass is 10.1. The maximum atomic E-state index is 11.1. The Bertz CT molecular complexity index is 275. The summed E-state index contributed by atoms with van der Waals surface area (Å²) >= 11 is 1.57. The normalized spacial score (nSPS) is 23.3. The molecule has 1 aliphatic rings. The highest BCUT2D eigenvalue weighted by atomic mass is 32.1. The average Bonchev–Trinajstić information content (AvgIpc) is 2.39. The van der Waals surface area contributed by atoms with Crippen LogP contribution in [0.1, 0.15) is 34.5 Å². The molecule has 52 valence electrons. The Labute approximate surface area is 63.7 Å². The van der Waals surface area contributed by atoms with Gasteiger partial charge in [0.25, 0.3) is 0 Å². The van der Waals surface area contributed by atoms with Crippen molar-refractivity contribution in [3.63, 3.8) is 0 Å². The highest BCUT2D eigenvalue weighted by molar-refractivity contribution is 7.12. The predicted molar refractivity (Wildman–Crippen MR) is 41.7 cm³/mol. The van der Waals surface area contributed by atoms with Gasteiger partial charge in [-0.3, -0.25) is 4.79 Å². The summed E-state index contributed by atoms with van der Waals surface area (Å²) in [7, 11) is 0. The van der Waals surface area contributed by atoms with E-state index in [1.807, 2.05) is 5.38 Å². The van der Waals surface area contributed by atoms with Crippen LogP contribution in [-0.4, -0.2) is 5.78 Å². The molecule has 10 heavy (non-hydrogen) atoms. The standard InChI is InChI=1S/C8H8OS/c1-5-4-7(9)8-6(5)2-3-10-8/h2-3,5H,4H2,1H3. The molecule has 1 nitrogen and oxygen atoms in total. The van der Waals surface area contributed by atoms with E-state index in [0.717, 1.165) is 11.3 Å². The fourth-order valence-electron chi connectivity index (χ4n) is 1.41. The number of hydrogen-bond acceptors (Lipinski definition) is 2. The third kappa shape index (κ3) is 0.655. The van der Waals surface area contributed by atoms with Gasteiger partial charge in [0.05, 0.1) is 4.88 Å². The van der Waals surface area contributed by atoms with Gasteiger partial charge in [-0.25, -0.2) is 0 Å². The number of thiophene rings is 1. The summed E-state index contributed by atoms with van der Waals surface area (Å²) < 4.78 is 0. The fraction of sp³-hybridized carbons (Fsp3) is 0.375. The predicted octanol–water partition coefficient (Wildman–Crippen LogP) is 2.44. The second-order valence-electron chi connectivity index (χ2n) is 2.73. The van der Waals surface area contributed by atoms with Gasteiger partial charge >= 0.3 is 0 Å². The van der Waals surface area contributed by atoms with Crippen LogP contribution in [0.2, 0.25) is 0 Å². The zero-order valence-electron chi connectivity index (χ0n) is 5.76. The molecule has 0 fully saturated rings. The average molecular weight is 152 g/mol. The molecule has 0 amide bonds. The summed E-state index contributed by atoms with van der Waals surface area (Å²) in [6.07, 6.45) is 0.724. The Morgan fingerprint density at radius 1 is 1.70 bits per heavy atom. The molecule has 1 aromatic rings. The van der Waals surface area contributed by atoms with Crippen LogP contribution in [0.3, 0.4) is 0 Å². The molecule has 1 unspecified atom stereocenters. The Kier molecular flexibility index (Phi) is 1.17. The lowest BCUT2D eigenvalue weighted by Crippen LogP contribution is -1.87. The second kappa shape index (κ2) is 1.92. The number of Topliss-reactive ketones (excluding diaryl/α,β-unsaturated/α-hetero) is 1. The molecule has 0 saturated heterocycles. The SMILES string of the molecule is CC1CC(=O)c2sccc21. The molecule has 0 aliphatic heterocycles. The van der Waals surface area contributed by atoms with Crippen molar-refractivity contribution in [1.29, 1.82) is 0 Å². The first-order chi connectivity index (χ1) is 4.79. The molecule has 1 heterocycles. The molecule has 1 atom stereocenters. The van der Waals surface area contributed by atoms with Crippen LogP contribution in [0.4, 0.5) is 0 Å². The molecular weight excluding hydrogens is 144 g/mol. The van der Waals surface area contributed by atoms with Gasteiger partial charge in [-0.2, -0.15) is 0 Å². The van der Waals surface area contributed by atoms with Crippen molar-refractivity contribution in [2.24, 2.45) is 0 Å². The number of carbonyl (C=O) groups excluding carboxylic acids is 1. The van der Waals surface area contributed by atoms with Gasteiger partial charge in [-0.15, -0.1) is 11.3 Å². The highest BCUT2D eigenvalue weighted by Crippen LogP contribution is 2.35. The van der Waals surface area contributed by atoms with E-state index in [9.17, 15) is 4.79 Å². The largest absolute Gasteiger partial charge is 0.293 e. The van der Waals surface area contributed by atoms with Crippen molar-refractivity contribution in [3.05, 3.63) is 21.9 Å². The third-order valence-electron chi connectivity index (χ3n) is 1.97. The van der Waals surface area contributed by atoms with Crippen LogP contribution in [-0.2, 0) is 0 Å². The van der Waals surface area contributed by atoms with Crippen molar-refractivity contribution in [3.8, 4) is 0 Å². The van der Waals surface area contributed by atoms with Gasteiger partial charge in [0.15, 0.2) is 5.78 Å². The number of hydrogen-bond donors (Lipinski definition) is 0. The van der Waals surface area contributed by atoms with Crippen molar-refractivity contribution in [2.45, 2.75) is 19.3 Å². The molecule has 0 saturated carbocycles. The first-order valence-electron chi connectivity index (χ1n) is 3.39. The van der Waals surface area contributed by atoms with E-state index in [2.05, 4.69) is 13.0 Å². The monoisotopic (exact) mass is 152 g/mol. The topological polar surface area (TPSA) is 17.1 Å². The van der Waals surface area contributed by atoms with Gasteiger partial charge in [-0.05, 0) is 22.9 Å². The quantitative estimate of drug-likeness (QED) is 0.558. The zero-order valence-corrected chi connectivity index (χ0v) is 6.57. The number of rotatable bonds is 0. The van der Waals surface area contributed by atoms with Crippen molar-refractivity contribution in [1.82, 2.24) is 0 Å². The van der Waals surface area contributed by atoms with E-state index in [-0.39, 0.29) is 0 Å². The number of ketones is 1. The summed E-state index contributed by atoms with van der Waals surface area (Å²) in [5, 5.41) is 2.00. The van der Waals surface area contributed by atoms with Gasteiger partial charge < -0.3 is 0 Å². The number of fused-ring (bicyclic) bond motifs is 1. The maximum absolute atomic E-state index is 11.1. The Hall–Kier alpha value is -0.630. The summed E-state index contributed by atoms with van der Waals surface area (Å²) in [5.41, 5.74) is 1.26.